The van der Waals surface area contributed by atoms with Crippen molar-refractivity contribution in [3.8, 4) is 11.1 Å². The second-order valence-electron chi connectivity index (χ2n) is 7.40. The molecule has 0 N–H and O–H groups in total. The zero-order valence-corrected chi connectivity index (χ0v) is 14.9. The molecule has 0 spiro atoms. The number of imidazole rings is 1. The van der Waals surface area contributed by atoms with Crippen LogP contribution in [0.4, 0.5) is 0 Å². The van der Waals surface area contributed by atoms with Crippen molar-refractivity contribution in [2.75, 3.05) is 0 Å². The Labute approximate surface area is 160 Å². The summed E-state index contributed by atoms with van der Waals surface area (Å²) in [5.74, 6) is 0. The van der Waals surface area contributed by atoms with Crippen molar-refractivity contribution in [2.24, 2.45) is 0 Å². The minimum Gasteiger partial charge on any atom is -0.276 e. The summed E-state index contributed by atoms with van der Waals surface area (Å²) in [6.45, 7) is 0. The van der Waals surface area contributed by atoms with Crippen molar-refractivity contribution < 1.29 is 0 Å². The van der Waals surface area contributed by atoms with Gasteiger partial charge < -0.3 is 0 Å². The van der Waals surface area contributed by atoms with Gasteiger partial charge in [0.05, 0.1) is 11.7 Å². The van der Waals surface area contributed by atoms with E-state index in [-0.39, 0.29) is 0 Å². The van der Waals surface area contributed by atoms with Crippen molar-refractivity contribution in [2.45, 2.75) is 6.42 Å². The topological polar surface area (TPSA) is 43.1 Å². The highest BCUT2D eigenvalue weighted by atomic mass is 15.1. The number of pyridine rings is 3. The zero-order chi connectivity index (χ0) is 18.2. The lowest BCUT2D eigenvalue weighted by Crippen LogP contribution is -1.95. The summed E-state index contributed by atoms with van der Waals surface area (Å²) in [6, 6.07) is 19.5. The predicted octanol–water partition coefficient (Wildman–Crippen LogP) is 5.16. The van der Waals surface area contributed by atoms with Gasteiger partial charge in [-0.15, -0.1) is 0 Å². The van der Waals surface area contributed by atoms with E-state index < -0.39 is 0 Å². The van der Waals surface area contributed by atoms with Crippen molar-refractivity contribution >= 4 is 38.5 Å². The number of rotatable bonds is 0. The second kappa shape index (κ2) is 4.93. The van der Waals surface area contributed by atoms with Crippen molar-refractivity contribution in [1.82, 2.24) is 19.4 Å². The van der Waals surface area contributed by atoms with Crippen molar-refractivity contribution in [3.63, 3.8) is 0 Å². The van der Waals surface area contributed by atoms with Crippen LogP contribution in [0.2, 0.25) is 0 Å². The molecule has 1 aliphatic rings. The summed E-state index contributed by atoms with van der Waals surface area (Å²) in [7, 11) is 0. The summed E-state index contributed by atoms with van der Waals surface area (Å²) < 4.78 is 2.17. The average molecular weight is 358 g/mol. The average Bonchev–Trinajstić information content (AvgIpc) is 3.31. The highest BCUT2D eigenvalue weighted by Crippen LogP contribution is 2.41. The molecule has 28 heavy (non-hydrogen) atoms. The van der Waals surface area contributed by atoms with Crippen LogP contribution in [-0.4, -0.2) is 19.4 Å². The van der Waals surface area contributed by atoms with Crippen LogP contribution in [0, 0.1) is 0 Å². The van der Waals surface area contributed by atoms with E-state index in [0.717, 1.165) is 39.5 Å². The molecule has 0 saturated carbocycles. The van der Waals surface area contributed by atoms with E-state index >= 15 is 0 Å². The SMILES string of the molecule is c1ccc2c(c1)Cc1cc3c4cccnc4n4c5ccncc5nc4c3cc1-2. The predicted molar refractivity (Wildman–Crippen MR) is 112 cm³/mol. The number of fused-ring (bicyclic) bond motifs is 11. The molecule has 0 fully saturated rings. The molecule has 130 valence electrons. The fourth-order valence-corrected chi connectivity index (χ4v) is 4.70. The van der Waals surface area contributed by atoms with Gasteiger partial charge in [0.15, 0.2) is 0 Å². The van der Waals surface area contributed by atoms with Crippen molar-refractivity contribution in [1.29, 1.82) is 0 Å². The third kappa shape index (κ3) is 1.68. The Bertz CT molecular complexity index is 1590. The Hall–Kier alpha value is -3.79. The molecule has 7 rings (SSSR count). The normalized spacial score (nSPS) is 12.9. The Morgan fingerprint density at radius 2 is 1.71 bits per heavy atom. The number of aromatic nitrogens is 4. The van der Waals surface area contributed by atoms with E-state index in [1.807, 2.05) is 30.7 Å². The standard InChI is InChI=1S/C24H14N4/c1-2-5-16-14(4-1)10-15-11-19-17-6-3-8-26-23(17)28-22-7-9-25-13-21(22)27-24(28)20(19)12-18(15)16/h1-9,11-13H,10H2. The van der Waals surface area contributed by atoms with Gasteiger partial charge in [-0.25, -0.2) is 9.97 Å². The van der Waals surface area contributed by atoms with E-state index in [4.69, 9.17) is 9.97 Å². The zero-order valence-electron chi connectivity index (χ0n) is 14.9. The highest BCUT2D eigenvalue weighted by molar-refractivity contribution is 6.14. The van der Waals surface area contributed by atoms with Gasteiger partial charge in [-0.2, -0.15) is 0 Å². The molecule has 0 bridgehead atoms. The van der Waals surface area contributed by atoms with Crippen LogP contribution in [0.25, 0.3) is 49.6 Å². The highest BCUT2D eigenvalue weighted by Gasteiger charge is 2.21. The van der Waals surface area contributed by atoms with Gasteiger partial charge in [0, 0.05) is 23.2 Å². The number of hydrogen-bond acceptors (Lipinski definition) is 3. The first-order valence-corrected chi connectivity index (χ1v) is 9.42. The molecular weight excluding hydrogens is 344 g/mol. The molecule has 1 aliphatic carbocycles. The van der Waals surface area contributed by atoms with E-state index in [2.05, 4.69) is 51.8 Å². The summed E-state index contributed by atoms with van der Waals surface area (Å²) in [5, 5.41) is 3.53. The summed E-state index contributed by atoms with van der Waals surface area (Å²) in [4.78, 5) is 13.9. The van der Waals surface area contributed by atoms with Crippen LogP contribution < -0.4 is 0 Å². The van der Waals surface area contributed by atoms with Crippen LogP contribution in [-0.2, 0) is 6.42 Å². The van der Waals surface area contributed by atoms with Gasteiger partial charge in [0.25, 0.3) is 0 Å². The van der Waals surface area contributed by atoms with Gasteiger partial charge in [0.1, 0.15) is 16.8 Å². The lowest BCUT2D eigenvalue weighted by Gasteiger charge is -2.10. The lowest BCUT2D eigenvalue weighted by atomic mass is 9.99. The smallest absolute Gasteiger partial charge is 0.147 e. The summed E-state index contributed by atoms with van der Waals surface area (Å²) in [6.07, 6.45) is 6.47. The van der Waals surface area contributed by atoms with Crippen LogP contribution in [0.15, 0.2) is 73.2 Å². The minimum absolute atomic E-state index is 0.892. The van der Waals surface area contributed by atoms with Crippen LogP contribution >= 0.6 is 0 Å². The first-order chi connectivity index (χ1) is 13.9. The molecule has 4 aromatic heterocycles. The molecule has 0 unspecified atom stereocenters. The van der Waals surface area contributed by atoms with Gasteiger partial charge in [0.2, 0.25) is 0 Å². The first-order valence-electron chi connectivity index (χ1n) is 9.42. The molecule has 0 amide bonds. The van der Waals surface area contributed by atoms with Crippen LogP contribution in [0.3, 0.4) is 0 Å². The van der Waals surface area contributed by atoms with Gasteiger partial charge in [-0.05, 0) is 64.4 Å². The molecule has 0 radical (unpaired) electrons. The van der Waals surface area contributed by atoms with Gasteiger partial charge in [-0.3, -0.25) is 9.38 Å². The maximum Gasteiger partial charge on any atom is 0.147 e. The van der Waals surface area contributed by atoms with E-state index in [1.54, 1.807) is 0 Å². The quantitative estimate of drug-likeness (QED) is 0.352. The number of nitrogens with zero attached hydrogens (tertiary/aromatic N) is 4. The van der Waals surface area contributed by atoms with E-state index in [9.17, 15) is 0 Å². The molecule has 6 aromatic rings. The second-order valence-corrected chi connectivity index (χ2v) is 7.40. The van der Waals surface area contributed by atoms with E-state index in [1.165, 1.54) is 27.6 Å². The monoisotopic (exact) mass is 358 g/mol. The fourth-order valence-electron chi connectivity index (χ4n) is 4.70. The fraction of sp³-hybridized carbons (Fsp3) is 0.0417. The Morgan fingerprint density at radius 1 is 0.750 bits per heavy atom. The third-order valence-electron chi connectivity index (χ3n) is 5.92. The number of benzene rings is 2. The lowest BCUT2D eigenvalue weighted by molar-refractivity contribution is 1.23. The molecule has 2 aromatic carbocycles. The third-order valence-corrected chi connectivity index (χ3v) is 5.92. The molecular formula is C24H14N4. The molecule has 4 nitrogen and oxygen atoms in total. The van der Waals surface area contributed by atoms with Gasteiger partial charge >= 0.3 is 0 Å². The Kier molecular flexibility index (Phi) is 2.51. The van der Waals surface area contributed by atoms with Crippen molar-refractivity contribution in [3.05, 3.63) is 84.3 Å². The minimum atomic E-state index is 0.892. The van der Waals surface area contributed by atoms with Gasteiger partial charge in [-0.1, -0.05) is 24.3 Å². The summed E-state index contributed by atoms with van der Waals surface area (Å²) in [5.41, 5.74) is 9.23. The van der Waals surface area contributed by atoms with Crippen LogP contribution in [0.1, 0.15) is 11.1 Å². The molecule has 4 heterocycles. The molecule has 0 saturated heterocycles. The first kappa shape index (κ1) is 14.3. The number of hydrogen-bond donors (Lipinski definition) is 0. The molecule has 0 atom stereocenters. The molecule has 4 heteroatoms. The molecule has 0 aliphatic heterocycles. The van der Waals surface area contributed by atoms with Crippen LogP contribution in [0.5, 0.6) is 0 Å². The largest absolute Gasteiger partial charge is 0.276 e. The van der Waals surface area contributed by atoms with E-state index in [0.29, 0.717) is 0 Å². The maximum atomic E-state index is 4.94. The summed E-state index contributed by atoms with van der Waals surface area (Å²) >= 11 is 0. The Morgan fingerprint density at radius 3 is 2.71 bits per heavy atom. The maximum absolute atomic E-state index is 4.94. The Balaban J connectivity index is 1.75.